The van der Waals surface area contributed by atoms with Crippen molar-refractivity contribution in [1.82, 2.24) is 4.31 Å². The van der Waals surface area contributed by atoms with Crippen LogP contribution in [0.25, 0.3) is 0 Å². The second-order valence-electron chi connectivity index (χ2n) is 4.90. The van der Waals surface area contributed by atoms with E-state index in [9.17, 15) is 13.5 Å². The van der Waals surface area contributed by atoms with Crippen LogP contribution < -0.4 is 0 Å². The maximum Gasteiger partial charge on any atom is 0.243 e. The molecule has 1 aliphatic heterocycles. The summed E-state index contributed by atoms with van der Waals surface area (Å²) in [4.78, 5) is 0.240. The number of hydrogen-bond donors (Lipinski definition) is 1. The lowest BCUT2D eigenvalue weighted by Crippen LogP contribution is -2.47. The molecule has 112 valence electrons. The highest BCUT2D eigenvalue weighted by Crippen LogP contribution is 2.29. The smallest absolute Gasteiger partial charge is 0.243 e. The fourth-order valence-corrected chi connectivity index (χ4v) is 4.80. The predicted octanol–water partition coefficient (Wildman–Crippen LogP) is 1.66. The molecule has 7 heteroatoms. The molecule has 0 saturated carbocycles. The summed E-state index contributed by atoms with van der Waals surface area (Å²) in [5.41, 5.74) is 1.22. The highest BCUT2D eigenvalue weighted by atomic mass is 79.9. The monoisotopic (exact) mass is 363 g/mol. The molecule has 1 atom stereocenters. The van der Waals surface area contributed by atoms with E-state index in [-0.39, 0.29) is 17.5 Å². The van der Waals surface area contributed by atoms with Gasteiger partial charge in [-0.1, -0.05) is 15.9 Å². The van der Waals surface area contributed by atoms with Crippen molar-refractivity contribution in [2.75, 3.05) is 19.8 Å². The van der Waals surface area contributed by atoms with Crippen LogP contribution in [0.15, 0.2) is 21.5 Å². The summed E-state index contributed by atoms with van der Waals surface area (Å²) in [7, 11) is -3.58. The first kappa shape index (κ1) is 15.9. The number of nitrogens with zero attached hydrogens (tertiary/aromatic N) is 1. The number of hydrogen-bond acceptors (Lipinski definition) is 4. The molecule has 1 saturated heterocycles. The molecule has 1 aromatic carbocycles. The topological polar surface area (TPSA) is 66.8 Å². The zero-order valence-corrected chi connectivity index (χ0v) is 13.9. The molecule has 5 nitrogen and oxygen atoms in total. The van der Waals surface area contributed by atoms with Crippen LogP contribution >= 0.6 is 15.9 Å². The molecule has 1 fully saturated rings. The van der Waals surface area contributed by atoms with Crippen LogP contribution in [0, 0.1) is 6.92 Å². The molecule has 0 aromatic heterocycles. The second-order valence-corrected chi connectivity index (χ2v) is 7.61. The second kappa shape index (κ2) is 6.11. The number of aliphatic hydroxyl groups is 1. The van der Waals surface area contributed by atoms with Gasteiger partial charge < -0.3 is 9.84 Å². The van der Waals surface area contributed by atoms with E-state index in [2.05, 4.69) is 15.9 Å². The number of ether oxygens (including phenoxy) is 1. The highest BCUT2D eigenvalue weighted by molar-refractivity contribution is 9.10. The molecule has 1 unspecified atom stereocenters. The summed E-state index contributed by atoms with van der Waals surface area (Å²) in [6, 6.07) is 3.08. The van der Waals surface area contributed by atoms with Gasteiger partial charge in [0.05, 0.1) is 24.7 Å². The maximum atomic E-state index is 12.8. The fraction of sp³-hybridized carbons (Fsp3) is 0.538. The molecular weight excluding hydrogens is 346 g/mol. The van der Waals surface area contributed by atoms with E-state index in [0.29, 0.717) is 35.4 Å². The van der Waals surface area contributed by atoms with Gasteiger partial charge in [-0.15, -0.1) is 0 Å². The quantitative estimate of drug-likeness (QED) is 0.886. The van der Waals surface area contributed by atoms with Gasteiger partial charge >= 0.3 is 0 Å². The lowest BCUT2D eigenvalue weighted by Gasteiger charge is -2.32. The van der Waals surface area contributed by atoms with Gasteiger partial charge in [0.2, 0.25) is 10.0 Å². The SMILES string of the molecule is Cc1c(Br)cc(CO)cc1S(=O)(=O)N1CCOCC1C. The zero-order valence-electron chi connectivity index (χ0n) is 11.5. The van der Waals surface area contributed by atoms with Crippen LogP contribution in [-0.4, -0.2) is 43.6 Å². The normalized spacial score (nSPS) is 21.1. The van der Waals surface area contributed by atoms with Crippen LogP contribution in [-0.2, 0) is 21.4 Å². The number of sulfonamides is 1. The standard InChI is InChI=1S/C13H18BrNO4S/c1-9-8-19-4-3-15(9)20(17,18)13-6-11(7-16)5-12(14)10(13)2/h5-6,9,16H,3-4,7-8H2,1-2H3. The molecule has 0 aliphatic carbocycles. The molecule has 1 aromatic rings. The van der Waals surface area contributed by atoms with Crippen molar-refractivity contribution < 1.29 is 18.3 Å². The lowest BCUT2D eigenvalue weighted by atomic mass is 10.2. The zero-order chi connectivity index (χ0) is 14.9. The van der Waals surface area contributed by atoms with E-state index in [0.717, 1.165) is 0 Å². The van der Waals surface area contributed by atoms with Gasteiger partial charge in [-0.05, 0) is 37.1 Å². The minimum Gasteiger partial charge on any atom is -0.392 e. The molecule has 0 bridgehead atoms. The molecule has 1 N–H and O–H groups in total. The summed E-state index contributed by atoms with van der Waals surface area (Å²) in [6.45, 7) is 4.55. The first-order chi connectivity index (χ1) is 9.37. The van der Waals surface area contributed by atoms with Gasteiger partial charge in [0, 0.05) is 17.1 Å². The van der Waals surface area contributed by atoms with Crippen molar-refractivity contribution in [2.24, 2.45) is 0 Å². The van der Waals surface area contributed by atoms with E-state index in [1.165, 1.54) is 10.4 Å². The Morgan fingerprint density at radius 3 is 2.80 bits per heavy atom. The van der Waals surface area contributed by atoms with Crippen molar-refractivity contribution in [1.29, 1.82) is 0 Å². The van der Waals surface area contributed by atoms with Crippen molar-refractivity contribution in [3.8, 4) is 0 Å². The van der Waals surface area contributed by atoms with Gasteiger partial charge in [-0.3, -0.25) is 0 Å². The van der Waals surface area contributed by atoms with E-state index in [1.54, 1.807) is 13.0 Å². The molecule has 1 aliphatic rings. The van der Waals surface area contributed by atoms with Crippen LogP contribution in [0.1, 0.15) is 18.1 Å². The number of benzene rings is 1. The van der Waals surface area contributed by atoms with Gasteiger partial charge in [-0.25, -0.2) is 8.42 Å². The predicted molar refractivity (Wildman–Crippen MR) is 79.0 cm³/mol. The van der Waals surface area contributed by atoms with Crippen LogP contribution in [0.3, 0.4) is 0 Å². The Balaban J connectivity index is 2.51. The molecular formula is C13H18BrNO4S. The molecule has 0 spiro atoms. The number of morpholine rings is 1. The summed E-state index contributed by atoms with van der Waals surface area (Å²) >= 11 is 3.35. The summed E-state index contributed by atoms with van der Waals surface area (Å²) in [5.74, 6) is 0. The number of aliphatic hydroxyl groups excluding tert-OH is 1. The molecule has 1 heterocycles. The third-order valence-corrected chi connectivity index (χ3v) is 6.40. The Hall–Kier alpha value is -0.470. The molecule has 0 amide bonds. The Morgan fingerprint density at radius 1 is 1.50 bits per heavy atom. The average Bonchev–Trinajstić information content (AvgIpc) is 2.41. The third-order valence-electron chi connectivity index (χ3n) is 3.43. The Morgan fingerprint density at radius 2 is 2.20 bits per heavy atom. The minimum absolute atomic E-state index is 0.190. The number of halogens is 1. The minimum atomic E-state index is -3.58. The fourth-order valence-electron chi connectivity index (χ4n) is 2.26. The maximum absolute atomic E-state index is 12.8. The van der Waals surface area contributed by atoms with Crippen molar-refractivity contribution in [2.45, 2.75) is 31.4 Å². The molecule has 20 heavy (non-hydrogen) atoms. The van der Waals surface area contributed by atoms with Gasteiger partial charge in [-0.2, -0.15) is 4.31 Å². The average molecular weight is 364 g/mol. The van der Waals surface area contributed by atoms with Gasteiger partial charge in [0.25, 0.3) is 0 Å². The Bertz CT molecular complexity index is 603. The van der Waals surface area contributed by atoms with Gasteiger partial charge in [0.1, 0.15) is 0 Å². The summed E-state index contributed by atoms with van der Waals surface area (Å²) in [6.07, 6.45) is 0. The van der Waals surface area contributed by atoms with Gasteiger partial charge in [0.15, 0.2) is 0 Å². The highest BCUT2D eigenvalue weighted by Gasteiger charge is 2.33. The first-order valence-electron chi connectivity index (χ1n) is 6.37. The van der Waals surface area contributed by atoms with Crippen LogP contribution in [0.5, 0.6) is 0 Å². The van der Waals surface area contributed by atoms with Crippen molar-refractivity contribution in [3.05, 3.63) is 27.7 Å². The largest absolute Gasteiger partial charge is 0.392 e. The third kappa shape index (κ3) is 2.92. The molecule has 2 rings (SSSR count). The first-order valence-corrected chi connectivity index (χ1v) is 8.60. The van der Waals surface area contributed by atoms with Crippen molar-refractivity contribution in [3.63, 3.8) is 0 Å². The van der Waals surface area contributed by atoms with Crippen molar-refractivity contribution >= 4 is 26.0 Å². The van der Waals surface area contributed by atoms with E-state index >= 15 is 0 Å². The summed E-state index contributed by atoms with van der Waals surface area (Å²) in [5, 5.41) is 9.26. The van der Waals surface area contributed by atoms with E-state index in [4.69, 9.17) is 4.74 Å². The number of rotatable bonds is 3. The summed E-state index contributed by atoms with van der Waals surface area (Å²) < 4.78 is 33.0. The lowest BCUT2D eigenvalue weighted by molar-refractivity contribution is 0.0392. The Kier molecular flexibility index (Phi) is 4.86. The van der Waals surface area contributed by atoms with Crippen LogP contribution in [0.2, 0.25) is 0 Å². The van der Waals surface area contributed by atoms with Crippen LogP contribution in [0.4, 0.5) is 0 Å². The Labute approximate surface area is 127 Å². The molecule has 0 radical (unpaired) electrons. The van der Waals surface area contributed by atoms with E-state index < -0.39 is 10.0 Å². The van der Waals surface area contributed by atoms with E-state index in [1.807, 2.05) is 6.92 Å².